The Kier molecular flexibility index (Phi) is 5.25. The van der Waals surface area contributed by atoms with Crippen molar-refractivity contribution >= 4 is 17.3 Å². The lowest BCUT2D eigenvalue weighted by molar-refractivity contribution is -0.385. The van der Waals surface area contributed by atoms with Crippen LogP contribution in [0.5, 0.6) is 0 Å². The molecule has 0 saturated heterocycles. The lowest BCUT2D eigenvalue weighted by atomic mass is 10.1. The van der Waals surface area contributed by atoms with E-state index in [0.29, 0.717) is 11.3 Å². The number of hydrogen-bond donors (Lipinski definition) is 1. The van der Waals surface area contributed by atoms with Gasteiger partial charge < -0.3 is 5.32 Å². The number of carbonyl (C=O) groups excluding carboxylic acids is 1. The predicted molar refractivity (Wildman–Crippen MR) is 85.9 cm³/mol. The summed E-state index contributed by atoms with van der Waals surface area (Å²) >= 11 is 0. The van der Waals surface area contributed by atoms with Gasteiger partial charge in [-0.2, -0.15) is 0 Å². The van der Waals surface area contributed by atoms with Gasteiger partial charge in [-0.1, -0.05) is 43.7 Å². The van der Waals surface area contributed by atoms with Gasteiger partial charge in [-0.3, -0.25) is 14.9 Å². The van der Waals surface area contributed by atoms with Gasteiger partial charge in [-0.15, -0.1) is 0 Å². The summed E-state index contributed by atoms with van der Waals surface area (Å²) in [5, 5.41) is 13.7. The van der Waals surface area contributed by atoms with E-state index in [2.05, 4.69) is 12.2 Å². The molecular weight excluding hydrogens is 280 g/mol. The molecule has 0 aliphatic rings. The van der Waals surface area contributed by atoms with Gasteiger partial charge in [0.25, 0.3) is 5.69 Å². The molecule has 0 unspecified atom stereocenters. The summed E-state index contributed by atoms with van der Waals surface area (Å²) in [4.78, 5) is 22.5. The lowest BCUT2D eigenvalue weighted by Crippen LogP contribution is -2.15. The molecule has 2 rings (SSSR count). The molecule has 0 radical (unpaired) electrons. The topological polar surface area (TPSA) is 72.2 Å². The van der Waals surface area contributed by atoms with E-state index in [9.17, 15) is 14.9 Å². The molecule has 1 N–H and O–H groups in total. The van der Waals surface area contributed by atoms with Crippen LogP contribution in [-0.2, 0) is 17.6 Å². The number of rotatable bonds is 6. The quantitative estimate of drug-likeness (QED) is 0.652. The van der Waals surface area contributed by atoms with Gasteiger partial charge in [-0.05, 0) is 24.1 Å². The van der Waals surface area contributed by atoms with Crippen molar-refractivity contribution in [2.24, 2.45) is 0 Å². The zero-order valence-electron chi connectivity index (χ0n) is 12.4. The molecule has 5 heteroatoms. The number of nitrogens with one attached hydrogen (secondary N) is 1. The molecule has 114 valence electrons. The summed E-state index contributed by atoms with van der Waals surface area (Å²) < 4.78 is 0. The maximum atomic E-state index is 12.0. The van der Waals surface area contributed by atoms with Crippen LogP contribution in [0.2, 0.25) is 0 Å². The van der Waals surface area contributed by atoms with E-state index in [1.807, 2.05) is 24.3 Å². The molecule has 0 spiro atoms. The van der Waals surface area contributed by atoms with Crippen molar-refractivity contribution in [1.29, 1.82) is 0 Å². The molecule has 2 aromatic rings. The highest BCUT2D eigenvalue weighted by Crippen LogP contribution is 2.19. The van der Waals surface area contributed by atoms with E-state index in [-0.39, 0.29) is 18.0 Å². The zero-order chi connectivity index (χ0) is 15.9. The van der Waals surface area contributed by atoms with E-state index >= 15 is 0 Å². The van der Waals surface area contributed by atoms with Gasteiger partial charge in [0, 0.05) is 17.3 Å². The number of nitro groups is 1. The van der Waals surface area contributed by atoms with Crippen LogP contribution >= 0.6 is 0 Å². The monoisotopic (exact) mass is 298 g/mol. The molecule has 0 heterocycles. The maximum absolute atomic E-state index is 12.0. The summed E-state index contributed by atoms with van der Waals surface area (Å²) in [6.07, 6.45) is 2.06. The minimum absolute atomic E-state index is 0.0200. The van der Waals surface area contributed by atoms with Crippen LogP contribution in [-0.4, -0.2) is 10.8 Å². The van der Waals surface area contributed by atoms with Crippen molar-refractivity contribution in [2.75, 3.05) is 5.32 Å². The Morgan fingerprint density at radius 2 is 1.82 bits per heavy atom. The molecular formula is C17H18N2O3. The molecule has 0 aromatic heterocycles. The van der Waals surface area contributed by atoms with Crippen LogP contribution in [0.25, 0.3) is 0 Å². The molecule has 0 saturated carbocycles. The predicted octanol–water partition coefficient (Wildman–Crippen LogP) is 3.73. The molecule has 0 bridgehead atoms. The minimum Gasteiger partial charge on any atom is -0.326 e. The second-order valence-electron chi connectivity index (χ2n) is 5.06. The number of nitrogens with zero attached hydrogens (tertiary/aromatic N) is 1. The van der Waals surface area contributed by atoms with Gasteiger partial charge >= 0.3 is 0 Å². The SMILES string of the molecule is CCCc1ccc(NC(=O)Cc2ccccc2[N+](=O)[O-])cc1. The van der Waals surface area contributed by atoms with Crippen molar-refractivity contribution in [1.82, 2.24) is 0 Å². The Bertz CT molecular complexity index is 666. The number of carbonyl (C=O) groups is 1. The summed E-state index contributed by atoms with van der Waals surface area (Å²) in [5.74, 6) is -0.266. The van der Waals surface area contributed by atoms with Crippen LogP contribution < -0.4 is 5.32 Å². The number of benzene rings is 2. The first-order valence-electron chi connectivity index (χ1n) is 7.21. The Balaban J connectivity index is 2.02. The largest absolute Gasteiger partial charge is 0.326 e. The first kappa shape index (κ1) is 15.7. The smallest absolute Gasteiger partial charge is 0.273 e. The van der Waals surface area contributed by atoms with Crippen molar-refractivity contribution in [3.8, 4) is 0 Å². The van der Waals surface area contributed by atoms with Crippen LogP contribution in [0, 0.1) is 10.1 Å². The van der Waals surface area contributed by atoms with Crippen molar-refractivity contribution in [3.63, 3.8) is 0 Å². The first-order valence-corrected chi connectivity index (χ1v) is 7.21. The van der Waals surface area contributed by atoms with Crippen LogP contribution in [0.15, 0.2) is 48.5 Å². The molecule has 1 amide bonds. The van der Waals surface area contributed by atoms with Gasteiger partial charge in [0.2, 0.25) is 5.91 Å². The Morgan fingerprint density at radius 3 is 2.45 bits per heavy atom. The number of amides is 1. The van der Waals surface area contributed by atoms with E-state index in [4.69, 9.17) is 0 Å². The van der Waals surface area contributed by atoms with Gasteiger partial charge in [-0.25, -0.2) is 0 Å². The molecule has 5 nitrogen and oxygen atoms in total. The standard InChI is InChI=1S/C17H18N2O3/c1-2-5-13-8-10-15(11-9-13)18-17(20)12-14-6-3-4-7-16(14)19(21)22/h3-4,6-11H,2,5,12H2,1H3,(H,18,20). The van der Waals surface area contributed by atoms with E-state index in [1.165, 1.54) is 11.6 Å². The van der Waals surface area contributed by atoms with Crippen LogP contribution in [0.1, 0.15) is 24.5 Å². The molecule has 0 aliphatic carbocycles. The van der Waals surface area contributed by atoms with Crippen molar-refractivity contribution in [3.05, 3.63) is 69.8 Å². The van der Waals surface area contributed by atoms with Gasteiger partial charge in [0.1, 0.15) is 0 Å². The zero-order valence-corrected chi connectivity index (χ0v) is 12.4. The number of anilines is 1. The Hall–Kier alpha value is -2.69. The lowest BCUT2D eigenvalue weighted by Gasteiger charge is -2.07. The molecule has 0 fully saturated rings. The molecule has 0 atom stereocenters. The fourth-order valence-corrected chi connectivity index (χ4v) is 2.26. The van der Waals surface area contributed by atoms with Crippen molar-refractivity contribution in [2.45, 2.75) is 26.2 Å². The van der Waals surface area contributed by atoms with Gasteiger partial charge in [0.15, 0.2) is 0 Å². The Labute approximate surface area is 129 Å². The average molecular weight is 298 g/mol. The highest BCUT2D eigenvalue weighted by atomic mass is 16.6. The molecule has 22 heavy (non-hydrogen) atoms. The number of para-hydroxylation sites is 1. The third kappa shape index (κ3) is 4.15. The van der Waals surface area contributed by atoms with E-state index in [0.717, 1.165) is 12.8 Å². The fraction of sp³-hybridized carbons (Fsp3) is 0.235. The number of hydrogen-bond acceptors (Lipinski definition) is 3. The van der Waals surface area contributed by atoms with Crippen LogP contribution in [0.3, 0.4) is 0 Å². The van der Waals surface area contributed by atoms with Gasteiger partial charge in [0.05, 0.1) is 11.3 Å². The number of aryl methyl sites for hydroxylation is 1. The highest BCUT2D eigenvalue weighted by molar-refractivity contribution is 5.92. The van der Waals surface area contributed by atoms with E-state index < -0.39 is 4.92 Å². The average Bonchev–Trinajstić information content (AvgIpc) is 2.50. The summed E-state index contributed by atoms with van der Waals surface area (Å²) in [7, 11) is 0. The molecule has 2 aromatic carbocycles. The maximum Gasteiger partial charge on any atom is 0.273 e. The summed E-state index contributed by atoms with van der Waals surface area (Å²) in [6.45, 7) is 2.11. The fourth-order valence-electron chi connectivity index (χ4n) is 2.26. The van der Waals surface area contributed by atoms with Crippen molar-refractivity contribution < 1.29 is 9.72 Å². The highest BCUT2D eigenvalue weighted by Gasteiger charge is 2.15. The third-order valence-electron chi connectivity index (χ3n) is 3.32. The first-order chi connectivity index (χ1) is 10.6. The van der Waals surface area contributed by atoms with Crippen LogP contribution in [0.4, 0.5) is 11.4 Å². The number of nitro benzene ring substituents is 1. The molecule has 0 aliphatic heterocycles. The minimum atomic E-state index is -0.470. The second-order valence-corrected chi connectivity index (χ2v) is 5.06. The third-order valence-corrected chi connectivity index (χ3v) is 3.32. The normalized spacial score (nSPS) is 10.2. The summed E-state index contributed by atoms with van der Waals surface area (Å²) in [6, 6.07) is 13.9. The second kappa shape index (κ2) is 7.36. The van der Waals surface area contributed by atoms with E-state index in [1.54, 1.807) is 18.2 Å². The Morgan fingerprint density at radius 1 is 1.14 bits per heavy atom. The summed E-state index contributed by atoms with van der Waals surface area (Å²) in [5.41, 5.74) is 2.30.